The Hall–Kier alpha value is -0.680. The molecule has 0 aromatic carbocycles. The topological polar surface area (TPSA) is 49.8 Å². The molecule has 0 fully saturated rings. The summed E-state index contributed by atoms with van der Waals surface area (Å²) in [6.07, 6.45) is 4.81. The van der Waals surface area contributed by atoms with Crippen LogP contribution in [0.2, 0.25) is 5.02 Å². The van der Waals surface area contributed by atoms with Gasteiger partial charge in [0.15, 0.2) is 5.82 Å². The quantitative estimate of drug-likeness (QED) is 0.800. The van der Waals surface area contributed by atoms with Crippen molar-refractivity contribution in [1.82, 2.24) is 9.97 Å². The summed E-state index contributed by atoms with van der Waals surface area (Å²) in [6.45, 7) is 4.93. The van der Waals surface area contributed by atoms with Crippen molar-refractivity contribution in [3.05, 3.63) is 11.2 Å². The van der Waals surface area contributed by atoms with Gasteiger partial charge in [0.1, 0.15) is 5.02 Å². The van der Waals surface area contributed by atoms with Crippen LogP contribution in [0, 0.1) is 0 Å². The van der Waals surface area contributed by atoms with Crippen LogP contribution in [-0.4, -0.2) is 34.6 Å². The number of hydrogen-bond donors (Lipinski definition) is 2. The summed E-state index contributed by atoms with van der Waals surface area (Å²) in [5.41, 5.74) is 0. The van der Waals surface area contributed by atoms with Crippen LogP contribution in [0.4, 0.5) is 11.8 Å². The maximum atomic E-state index is 6.05. The van der Waals surface area contributed by atoms with E-state index in [4.69, 9.17) is 11.6 Å². The van der Waals surface area contributed by atoms with Gasteiger partial charge in [0.25, 0.3) is 0 Å². The van der Waals surface area contributed by atoms with Gasteiger partial charge in [0.2, 0.25) is 5.95 Å². The summed E-state index contributed by atoms with van der Waals surface area (Å²) < 4.78 is 0. The first-order chi connectivity index (χ1) is 8.17. The van der Waals surface area contributed by atoms with Gasteiger partial charge < -0.3 is 10.6 Å². The molecule has 1 heterocycles. The zero-order chi connectivity index (χ0) is 12.7. The largest absolute Gasteiger partial charge is 0.366 e. The lowest BCUT2D eigenvalue weighted by Gasteiger charge is -2.15. The number of anilines is 2. The molecule has 6 heteroatoms. The van der Waals surface area contributed by atoms with Crippen molar-refractivity contribution in [2.75, 3.05) is 29.2 Å². The molecule has 0 saturated heterocycles. The second kappa shape index (κ2) is 7.61. The Labute approximate surface area is 112 Å². The van der Waals surface area contributed by atoms with Gasteiger partial charge in [-0.25, -0.2) is 4.98 Å². The highest BCUT2D eigenvalue weighted by atomic mass is 35.5. The lowest BCUT2D eigenvalue weighted by Crippen LogP contribution is -2.18. The molecule has 1 atom stereocenters. The molecule has 0 amide bonds. The van der Waals surface area contributed by atoms with Crippen LogP contribution >= 0.6 is 23.4 Å². The van der Waals surface area contributed by atoms with Crippen molar-refractivity contribution in [3.63, 3.8) is 0 Å². The number of rotatable bonds is 7. The smallest absolute Gasteiger partial charge is 0.224 e. The Morgan fingerprint density at radius 1 is 1.53 bits per heavy atom. The van der Waals surface area contributed by atoms with Crippen molar-refractivity contribution in [3.8, 4) is 0 Å². The van der Waals surface area contributed by atoms with Crippen molar-refractivity contribution in [2.45, 2.75) is 26.3 Å². The molecule has 0 aliphatic carbocycles. The van der Waals surface area contributed by atoms with E-state index in [0.29, 0.717) is 22.8 Å². The van der Waals surface area contributed by atoms with Crippen molar-refractivity contribution < 1.29 is 0 Å². The lowest BCUT2D eigenvalue weighted by molar-refractivity contribution is 0.766. The molecular formula is C11H19ClN4S. The Morgan fingerprint density at radius 2 is 2.29 bits per heavy atom. The summed E-state index contributed by atoms with van der Waals surface area (Å²) in [5.74, 6) is 2.43. The molecule has 4 nitrogen and oxygen atoms in total. The van der Waals surface area contributed by atoms with E-state index in [1.807, 2.05) is 18.7 Å². The van der Waals surface area contributed by atoms with Gasteiger partial charge in [-0.2, -0.15) is 16.7 Å². The van der Waals surface area contributed by atoms with E-state index in [1.54, 1.807) is 6.20 Å². The van der Waals surface area contributed by atoms with Crippen LogP contribution in [0.3, 0.4) is 0 Å². The van der Waals surface area contributed by atoms with Gasteiger partial charge in [0, 0.05) is 12.6 Å². The molecule has 0 saturated carbocycles. The van der Waals surface area contributed by atoms with Gasteiger partial charge in [-0.1, -0.05) is 11.6 Å². The maximum absolute atomic E-state index is 6.05. The predicted octanol–water partition coefficient (Wildman–Crippen LogP) is 3.12. The van der Waals surface area contributed by atoms with Crippen LogP contribution in [-0.2, 0) is 0 Å². The van der Waals surface area contributed by atoms with Crippen LogP contribution in [0.5, 0.6) is 0 Å². The van der Waals surface area contributed by atoms with E-state index in [1.165, 1.54) is 0 Å². The van der Waals surface area contributed by atoms with E-state index < -0.39 is 0 Å². The molecule has 2 N–H and O–H groups in total. The normalized spacial score (nSPS) is 12.2. The summed E-state index contributed by atoms with van der Waals surface area (Å²) in [5, 5.41) is 6.93. The Bertz CT molecular complexity index is 348. The van der Waals surface area contributed by atoms with Crippen LogP contribution < -0.4 is 10.6 Å². The highest BCUT2D eigenvalue weighted by Gasteiger charge is 2.08. The van der Waals surface area contributed by atoms with Gasteiger partial charge in [-0.3, -0.25) is 0 Å². The van der Waals surface area contributed by atoms with Crippen LogP contribution in [0.1, 0.15) is 20.3 Å². The minimum Gasteiger partial charge on any atom is -0.366 e. The zero-order valence-corrected chi connectivity index (χ0v) is 12.0. The monoisotopic (exact) mass is 274 g/mol. The summed E-state index contributed by atoms with van der Waals surface area (Å²) in [4.78, 5) is 8.44. The standard InChI is InChI=1S/C11H19ClN4S/c1-4-13-11-14-7-9(12)10(16-11)15-8(2)5-6-17-3/h7-8H,4-6H2,1-3H3,(H2,13,14,15,16). The lowest BCUT2D eigenvalue weighted by atomic mass is 10.2. The average Bonchev–Trinajstić information content (AvgIpc) is 2.31. The Balaban J connectivity index is 2.64. The third-order valence-electron chi connectivity index (χ3n) is 2.22. The number of nitrogens with one attached hydrogen (secondary N) is 2. The second-order valence-corrected chi connectivity index (χ2v) is 5.14. The number of aromatic nitrogens is 2. The molecule has 0 bridgehead atoms. The minimum absolute atomic E-state index is 0.351. The highest BCUT2D eigenvalue weighted by Crippen LogP contribution is 2.20. The maximum Gasteiger partial charge on any atom is 0.224 e. The molecule has 1 rings (SSSR count). The van der Waals surface area contributed by atoms with Gasteiger partial charge >= 0.3 is 0 Å². The van der Waals surface area contributed by atoms with Crippen molar-refractivity contribution >= 4 is 35.1 Å². The molecule has 1 aromatic rings. The van der Waals surface area contributed by atoms with Gasteiger partial charge in [0.05, 0.1) is 6.20 Å². The van der Waals surface area contributed by atoms with Crippen LogP contribution in [0.25, 0.3) is 0 Å². The van der Waals surface area contributed by atoms with Gasteiger partial charge in [-0.15, -0.1) is 0 Å². The fourth-order valence-corrected chi connectivity index (χ4v) is 2.05. The number of hydrogen-bond acceptors (Lipinski definition) is 5. The number of thioether (sulfide) groups is 1. The van der Waals surface area contributed by atoms with Crippen LogP contribution in [0.15, 0.2) is 6.20 Å². The summed E-state index contributed by atoms with van der Waals surface area (Å²) >= 11 is 7.89. The minimum atomic E-state index is 0.351. The first-order valence-corrected chi connectivity index (χ1v) is 7.46. The first kappa shape index (κ1) is 14.4. The second-order valence-electron chi connectivity index (χ2n) is 3.75. The highest BCUT2D eigenvalue weighted by molar-refractivity contribution is 7.98. The molecular weight excluding hydrogens is 256 g/mol. The van der Waals surface area contributed by atoms with E-state index in [-0.39, 0.29) is 0 Å². The van der Waals surface area contributed by atoms with E-state index in [0.717, 1.165) is 18.7 Å². The fraction of sp³-hybridized carbons (Fsp3) is 0.636. The fourth-order valence-electron chi connectivity index (χ4n) is 1.31. The first-order valence-electron chi connectivity index (χ1n) is 5.69. The van der Waals surface area contributed by atoms with Crippen molar-refractivity contribution in [2.24, 2.45) is 0 Å². The number of nitrogens with zero attached hydrogens (tertiary/aromatic N) is 2. The average molecular weight is 275 g/mol. The van der Waals surface area contributed by atoms with E-state index in [2.05, 4.69) is 33.8 Å². The third kappa shape index (κ3) is 5.00. The molecule has 17 heavy (non-hydrogen) atoms. The van der Waals surface area contributed by atoms with Gasteiger partial charge in [-0.05, 0) is 32.3 Å². The molecule has 96 valence electrons. The molecule has 0 aliphatic rings. The molecule has 1 aromatic heterocycles. The Morgan fingerprint density at radius 3 is 2.94 bits per heavy atom. The SMILES string of the molecule is CCNc1ncc(Cl)c(NC(C)CCSC)n1. The molecule has 1 unspecified atom stereocenters. The zero-order valence-electron chi connectivity index (χ0n) is 10.5. The molecule has 0 aliphatic heterocycles. The summed E-state index contributed by atoms with van der Waals surface area (Å²) in [6, 6.07) is 0.351. The van der Waals surface area contributed by atoms with Crippen molar-refractivity contribution in [1.29, 1.82) is 0 Å². The number of halogens is 1. The third-order valence-corrected chi connectivity index (χ3v) is 3.14. The predicted molar refractivity (Wildman–Crippen MR) is 77.3 cm³/mol. The molecule has 0 radical (unpaired) electrons. The van der Waals surface area contributed by atoms with E-state index >= 15 is 0 Å². The molecule has 0 spiro atoms. The Kier molecular flexibility index (Phi) is 6.44. The summed E-state index contributed by atoms with van der Waals surface area (Å²) in [7, 11) is 0. The van der Waals surface area contributed by atoms with E-state index in [9.17, 15) is 0 Å².